The van der Waals surface area contributed by atoms with Gasteiger partial charge < -0.3 is 34.0 Å². The largest absolute Gasteiger partial charge is 4.00 e. The zero-order valence-corrected chi connectivity index (χ0v) is 19.7. The minimum atomic E-state index is 0. The predicted octanol–water partition coefficient (Wildman–Crippen LogP) is -0.240. The minimum absolute atomic E-state index is 0. The Morgan fingerprint density at radius 1 is 0.739 bits per heavy atom. The van der Waals surface area contributed by atoms with Crippen LogP contribution in [0.15, 0.2) is 46.6 Å². The molecule has 0 heterocycles. The van der Waals surface area contributed by atoms with Gasteiger partial charge in [0.05, 0.1) is 0 Å². The van der Waals surface area contributed by atoms with E-state index in [-0.39, 0.29) is 60.2 Å². The fourth-order valence-corrected chi connectivity index (χ4v) is 3.81. The summed E-state index contributed by atoms with van der Waals surface area (Å²) in [7, 11) is 0. The van der Waals surface area contributed by atoms with Crippen molar-refractivity contribution in [3.05, 3.63) is 59.4 Å². The van der Waals surface area contributed by atoms with Gasteiger partial charge in [-0.05, 0) is 38.5 Å². The Morgan fingerprint density at radius 3 is 1.52 bits per heavy atom. The molecule has 0 aromatic heterocycles. The van der Waals surface area contributed by atoms with Gasteiger partial charge in [-0.25, -0.2) is 36.1 Å². The van der Waals surface area contributed by atoms with E-state index >= 15 is 0 Å². The van der Waals surface area contributed by atoms with Crippen LogP contribution in [0.5, 0.6) is 0 Å². The summed E-state index contributed by atoms with van der Waals surface area (Å²) in [6.07, 6.45) is 21.9. The van der Waals surface area contributed by atoms with Gasteiger partial charge in [0.15, 0.2) is 0 Å². The van der Waals surface area contributed by atoms with Gasteiger partial charge in [0.1, 0.15) is 0 Å². The molecule has 0 radical (unpaired) electrons. The first-order chi connectivity index (χ1) is 9.72. The van der Waals surface area contributed by atoms with E-state index in [0.29, 0.717) is 0 Å². The maximum atomic E-state index is 2.38. The summed E-state index contributed by atoms with van der Waals surface area (Å²) < 4.78 is 0. The summed E-state index contributed by atoms with van der Waals surface area (Å²) in [5.41, 5.74) is 6.27. The topological polar surface area (TPSA) is 0 Å². The number of rotatable bonds is 0. The van der Waals surface area contributed by atoms with Crippen molar-refractivity contribution in [1.82, 2.24) is 0 Å². The first-order valence-corrected chi connectivity index (χ1v) is 8.13. The van der Waals surface area contributed by atoms with Crippen LogP contribution < -0.4 is 34.0 Å². The monoisotopic (exact) mass is 514 g/mol. The molecule has 4 rings (SSSR count). The van der Waals surface area contributed by atoms with Crippen LogP contribution in [0.3, 0.4) is 0 Å². The number of allylic oxidation sites excluding steroid dienone is 8. The van der Waals surface area contributed by atoms with Crippen LogP contribution in [0.25, 0.3) is 0 Å². The Hall–Kier alpha value is 0.543. The summed E-state index contributed by atoms with van der Waals surface area (Å²) >= 11 is 0. The van der Waals surface area contributed by atoms with Crippen molar-refractivity contribution in [1.29, 1.82) is 0 Å². The van der Waals surface area contributed by atoms with Crippen LogP contribution in [0, 0.1) is 24.7 Å². The van der Waals surface area contributed by atoms with Gasteiger partial charge in [0, 0.05) is 0 Å². The average Bonchev–Trinajstić information content (AvgIpc) is 3.06. The van der Waals surface area contributed by atoms with Gasteiger partial charge >= 0.3 is 26.2 Å². The molecule has 0 amide bonds. The molecule has 0 bridgehead atoms. The molecule has 124 valence electrons. The van der Waals surface area contributed by atoms with E-state index in [2.05, 4.69) is 51.0 Å². The molecule has 0 saturated heterocycles. The normalized spacial score (nSPS) is 26.3. The first-order valence-electron chi connectivity index (χ1n) is 8.13. The summed E-state index contributed by atoms with van der Waals surface area (Å²) in [4.78, 5) is 0. The van der Waals surface area contributed by atoms with Gasteiger partial charge in [0.25, 0.3) is 0 Å². The van der Waals surface area contributed by atoms with Crippen LogP contribution in [-0.4, -0.2) is 0 Å². The van der Waals surface area contributed by atoms with Crippen LogP contribution in [-0.2, 0) is 26.2 Å². The van der Waals surface area contributed by atoms with Crippen molar-refractivity contribution in [2.45, 2.75) is 52.4 Å². The van der Waals surface area contributed by atoms with Crippen molar-refractivity contribution in [3.63, 3.8) is 0 Å². The first kappa shape index (κ1) is 23.5. The minimum Gasteiger partial charge on any atom is -1.00 e. The molecule has 0 spiro atoms. The van der Waals surface area contributed by atoms with E-state index in [1.54, 1.807) is 22.3 Å². The maximum Gasteiger partial charge on any atom is 4.00 e. The van der Waals surface area contributed by atoms with Gasteiger partial charge in [-0.15, -0.1) is 25.0 Å². The van der Waals surface area contributed by atoms with Gasteiger partial charge in [-0.1, -0.05) is 24.0 Å². The molecule has 0 aromatic carbocycles. The molecule has 2 saturated carbocycles. The van der Waals surface area contributed by atoms with Crippen LogP contribution >= 0.6 is 0 Å². The Kier molecular flexibility index (Phi) is 11.5. The molecule has 0 aliphatic heterocycles. The SMILES string of the molecule is CC1=CC=C2[CH-]CCC2C1.CC1=CC=C2[CH-]CCC2C1.[Br-].[Br-].[Zr+4]. The Morgan fingerprint density at radius 2 is 1.13 bits per heavy atom. The summed E-state index contributed by atoms with van der Waals surface area (Å²) in [5, 5.41) is 0. The second kappa shape index (κ2) is 11.2. The quantitative estimate of drug-likeness (QED) is 0.390. The second-order valence-corrected chi connectivity index (χ2v) is 6.72. The average molecular weight is 517 g/mol. The fourth-order valence-electron chi connectivity index (χ4n) is 3.81. The smallest absolute Gasteiger partial charge is 1.00 e. The molecular weight excluding hydrogens is 491 g/mol. The summed E-state index contributed by atoms with van der Waals surface area (Å²) in [6, 6.07) is 0. The number of halogens is 2. The molecule has 3 heteroatoms. The van der Waals surface area contributed by atoms with E-state index < -0.39 is 0 Å². The van der Waals surface area contributed by atoms with Crippen molar-refractivity contribution < 1.29 is 60.2 Å². The number of hydrogen-bond acceptors (Lipinski definition) is 0. The molecule has 0 N–H and O–H groups in total. The van der Waals surface area contributed by atoms with E-state index in [4.69, 9.17) is 0 Å². The van der Waals surface area contributed by atoms with Gasteiger partial charge in [-0.3, -0.25) is 0 Å². The molecule has 0 nitrogen and oxygen atoms in total. The van der Waals surface area contributed by atoms with Crippen molar-refractivity contribution >= 4 is 0 Å². The van der Waals surface area contributed by atoms with Crippen molar-refractivity contribution in [2.75, 3.05) is 0 Å². The molecule has 0 aromatic rings. The third-order valence-corrected chi connectivity index (χ3v) is 4.99. The molecule has 23 heavy (non-hydrogen) atoms. The molecule has 4 aliphatic rings. The van der Waals surface area contributed by atoms with Crippen molar-refractivity contribution in [2.24, 2.45) is 11.8 Å². The zero-order chi connectivity index (χ0) is 13.9. The Labute approximate surface area is 182 Å². The number of hydrogen-bond donors (Lipinski definition) is 0. The molecule has 2 unspecified atom stereocenters. The van der Waals surface area contributed by atoms with E-state index in [1.807, 2.05) is 0 Å². The second-order valence-electron chi connectivity index (χ2n) is 6.72. The van der Waals surface area contributed by atoms with E-state index in [1.165, 1.54) is 38.5 Å². The van der Waals surface area contributed by atoms with E-state index in [0.717, 1.165) is 11.8 Å². The standard InChI is InChI=1S/2C10H13.2BrH.Zr/c2*1-8-5-6-9-3-2-4-10(9)7-8;;;/h2*3,5-6,10H,2,4,7H2,1H3;2*1H;/q2*-1;;;+4/p-2. The van der Waals surface area contributed by atoms with Crippen LogP contribution in [0.2, 0.25) is 0 Å². The fraction of sp³-hybridized carbons (Fsp3) is 0.500. The summed E-state index contributed by atoms with van der Waals surface area (Å²) in [5.74, 6) is 1.76. The van der Waals surface area contributed by atoms with Crippen molar-refractivity contribution in [3.8, 4) is 0 Å². The Balaban J connectivity index is 0.000000372. The molecular formula is C20H26Br2Zr. The maximum absolute atomic E-state index is 2.38. The third-order valence-electron chi connectivity index (χ3n) is 4.99. The van der Waals surface area contributed by atoms with Gasteiger partial charge in [-0.2, -0.15) is 0 Å². The summed E-state index contributed by atoms with van der Waals surface area (Å²) in [6.45, 7) is 4.46. The number of fused-ring (bicyclic) bond motifs is 2. The molecule has 2 fully saturated rings. The Bertz CT molecular complexity index is 454. The third kappa shape index (κ3) is 6.40. The zero-order valence-electron chi connectivity index (χ0n) is 14.1. The van der Waals surface area contributed by atoms with Gasteiger partial charge in [0.2, 0.25) is 0 Å². The van der Waals surface area contributed by atoms with Crippen LogP contribution in [0.4, 0.5) is 0 Å². The van der Waals surface area contributed by atoms with E-state index in [9.17, 15) is 0 Å². The predicted molar refractivity (Wildman–Crippen MR) is 87.0 cm³/mol. The molecule has 4 aliphatic carbocycles. The van der Waals surface area contributed by atoms with Crippen LogP contribution in [0.1, 0.15) is 52.4 Å². The molecule has 2 atom stereocenters.